The second kappa shape index (κ2) is 6.38. The van der Waals surface area contributed by atoms with Crippen LogP contribution >= 0.6 is 0 Å². The predicted octanol–water partition coefficient (Wildman–Crippen LogP) is 1.49. The van der Waals surface area contributed by atoms with Gasteiger partial charge in [-0.1, -0.05) is 0 Å². The van der Waals surface area contributed by atoms with Crippen LogP contribution in [0, 0.1) is 5.82 Å². The number of halogens is 2. The summed E-state index contributed by atoms with van der Waals surface area (Å²) in [6.07, 6.45) is 0.166. The van der Waals surface area contributed by atoms with Crippen LogP contribution in [0.25, 0.3) is 0 Å². The van der Waals surface area contributed by atoms with Crippen LogP contribution in [0.1, 0.15) is 12.8 Å². The first kappa shape index (κ1) is 15.7. The molecule has 0 aromatic heterocycles. The molecule has 1 atom stereocenters. The van der Waals surface area contributed by atoms with Gasteiger partial charge in [-0.25, -0.2) is 4.39 Å². The first-order chi connectivity index (χ1) is 9.86. The highest BCUT2D eigenvalue weighted by Crippen LogP contribution is 2.20. The summed E-state index contributed by atoms with van der Waals surface area (Å²) in [5, 5.41) is -1.26. The summed E-state index contributed by atoms with van der Waals surface area (Å²) in [7, 11) is -4.68. The largest absolute Gasteiger partial charge is 0.494 e. The van der Waals surface area contributed by atoms with Crippen LogP contribution in [0.5, 0.6) is 5.75 Å². The quantitative estimate of drug-likeness (QED) is 0.589. The summed E-state index contributed by atoms with van der Waals surface area (Å²) in [6, 6.07) is 5.52. The molecule has 2 rings (SSSR count). The van der Waals surface area contributed by atoms with Crippen LogP contribution < -0.4 is 4.74 Å². The van der Waals surface area contributed by atoms with Gasteiger partial charge >= 0.3 is 10.2 Å². The van der Waals surface area contributed by atoms with E-state index in [9.17, 15) is 21.5 Å². The number of carbonyl (C=O) groups is 1. The average molecular weight is 319 g/mol. The maximum atomic E-state index is 12.8. The molecule has 0 N–H and O–H groups in total. The molecule has 8 heteroatoms. The molecular formula is C13H15F2NO4S. The fourth-order valence-corrected chi connectivity index (χ4v) is 2.82. The smallest absolute Gasteiger partial charge is 0.307 e. The fraction of sp³-hybridized carbons (Fsp3) is 0.462. The number of amides is 1. The van der Waals surface area contributed by atoms with E-state index in [1.807, 2.05) is 0 Å². The minimum absolute atomic E-state index is 0.117. The molecule has 5 nitrogen and oxygen atoms in total. The Labute approximate surface area is 121 Å². The molecular weight excluding hydrogens is 304 g/mol. The van der Waals surface area contributed by atoms with E-state index in [-0.39, 0.29) is 24.7 Å². The van der Waals surface area contributed by atoms with E-state index in [0.717, 1.165) is 0 Å². The molecule has 1 heterocycles. The number of ether oxygens (including phenoxy) is 1. The fourth-order valence-electron chi connectivity index (χ4n) is 2.12. The van der Waals surface area contributed by atoms with Crippen LogP contribution in [0.3, 0.4) is 0 Å². The van der Waals surface area contributed by atoms with E-state index < -0.39 is 15.5 Å². The molecule has 1 aliphatic heterocycles. The molecule has 1 fully saturated rings. The second-order valence-electron chi connectivity index (χ2n) is 4.80. The Morgan fingerprint density at radius 3 is 2.52 bits per heavy atom. The Morgan fingerprint density at radius 2 is 1.95 bits per heavy atom. The number of carbonyl (C=O) groups excluding carboxylic acids is 1. The summed E-state index contributed by atoms with van der Waals surface area (Å²) >= 11 is 0. The van der Waals surface area contributed by atoms with Crippen molar-refractivity contribution < 1.29 is 26.2 Å². The van der Waals surface area contributed by atoms with Gasteiger partial charge in [0.15, 0.2) is 0 Å². The van der Waals surface area contributed by atoms with Crippen molar-refractivity contribution in [2.75, 3.05) is 19.7 Å². The lowest BCUT2D eigenvalue weighted by atomic mass is 10.3. The van der Waals surface area contributed by atoms with Crippen LogP contribution in [0.15, 0.2) is 24.3 Å². The molecule has 1 aliphatic rings. The van der Waals surface area contributed by atoms with Crippen molar-refractivity contribution in [3.8, 4) is 5.75 Å². The maximum absolute atomic E-state index is 12.8. The van der Waals surface area contributed by atoms with Gasteiger partial charge in [0.25, 0.3) is 0 Å². The van der Waals surface area contributed by atoms with E-state index in [0.29, 0.717) is 25.3 Å². The molecule has 21 heavy (non-hydrogen) atoms. The number of hydrogen-bond donors (Lipinski definition) is 0. The molecule has 0 bridgehead atoms. The third-order valence-corrected chi connectivity index (χ3v) is 4.34. The van der Waals surface area contributed by atoms with Crippen molar-refractivity contribution in [1.29, 1.82) is 0 Å². The van der Waals surface area contributed by atoms with Crippen LogP contribution in [0.2, 0.25) is 0 Å². The molecule has 1 saturated heterocycles. The SMILES string of the molecule is O=C1CC(S(=O)(=O)F)CN1CCCOc1ccc(F)cc1. The number of rotatable bonds is 6. The molecule has 0 spiro atoms. The van der Waals surface area contributed by atoms with Gasteiger partial charge in [0.05, 0.1) is 6.61 Å². The standard InChI is InChI=1S/C13H15F2NO4S/c14-10-2-4-11(5-3-10)20-7-1-6-16-9-12(8-13(16)17)21(15,18)19/h2-5,12H,1,6-9H2. The van der Waals surface area contributed by atoms with Crippen LogP contribution in [-0.4, -0.2) is 44.2 Å². The highest BCUT2D eigenvalue weighted by Gasteiger charge is 2.37. The normalized spacial score (nSPS) is 19.0. The average Bonchev–Trinajstić information content (AvgIpc) is 2.78. The zero-order valence-electron chi connectivity index (χ0n) is 11.2. The zero-order valence-corrected chi connectivity index (χ0v) is 12.0. The van der Waals surface area contributed by atoms with E-state index >= 15 is 0 Å². The summed E-state index contributed by atoms with van der Waals surface area (Å²) < 4.78 is 52.4. The maximum Gasteiger partial charge on any atom is 0.307 e. The number of nitrogens with zero attached hydrogens (tertiary/aromatic N) is 1. The van der Waals surface area contributed by atoms with Crippen LogP contribution in [-0.2, 0) is 15.0 Å². The first-order valence-corrected chi connectivity index (χ1v) is 7.90. The Kier molecular flexibility index (Phi) is 4.76. The van der Waals surface area contributed by atoms with Gasteiger partial charge in [0.2, 0.25) is 5.91 Å². The van der Waals surface area contributed by atoms with Gasteiger partial charge in [-0.3, -0.25) is 4.79 Å². The summed E-state index contributed by atoms with van der Waals surface area (Å²) in [6.45, 7) is 0.475. The van der Waals surface area contributed by atoms with Gasteiger partial charge in [-0.15, -0.1) is 3.89 Å². The van der Waals surface area contributed by atoms with Crippen molar-refractivity contribution in [3.05, 3.63) is 30.1 Å². The minimum Gasteiger partial charge on any atom is -0.494 e. The zero-order chi connectivity index (χ0) is 15.5. The summed E-state index contributed by atoms with van der Waals surface area (Å²) in [4.78, 5) is 12.9. The van der Waals surface area contributed by atoms with Gasteiger partial charge in [0.1, 0.15) is 16.8 Å². The van der Waals surface area contributed by atoms with Gasteiger partial charge in [0, 0.05) is 19.5 Å². The van der Waals surface area contributed by atoms with Crippen molar-refractivity contribution in [3.63, 3.8) is 0 Å². The Balaban J connectivity index is 1.74. The first-order valence-electron chi connectivity index (χ1n) is 6.46. The van der Waals surface area contributed by atoms with E-state index in [1.54, 1.807) is 0 Å². The van der Waals surface area contributed by atoms with Crippen molar-refractivity contribution >= 4 is 16.1 Å². The molecule has 1 aromatic rings. The monoisotopic (exact) mass is 319 g/mol. The third-order valence-electron chi connectivity index (χ3n) is 3.23. The molecule has 1 unspecified atom stereocenters. The van der Waals surface area contributed by atoms with Gasteiger partial charge < -0.3 is 9.64 Å². The lowest BCUT2D eigenvalue weighted by Crippen LogP contribution is -2.29. The minimum atomic E-state index is -4.68. The summed E-state index contributed by atoms with van der Waals surface area (Å²) in [5.41, 5.74) is 0. The molecule has 116 valence electrons. The molecule has 1 amide bonds. The Bertz CT molecular complexity index is 603. The van der Waals surface area contributed by atoms with Gasteiger partial charge in [-0.2, -0.15) is 8.42 Å². The molecule has 0 saturated carbocycles. The van der Waals surface area contributed by atoms with E-state index in [4.69, 9.17) is 4.74 Å². The summed E-state index contributed by atoms with van der Waals surface area (Å²) in [5.74, 6) is -0.222. The Hall–Kier alpha value is -1.70. The predicted molar refractivity (Wildman–Crippen MR) is 71.5 cm³/mol. The highest BCUT2D eigenvalue weighted by atomic mass is 32.3. The van der Waals surface area contributed by atoms with Gasteiger partial charge in [-0.05, 0) is 30.7 Å². The van der Waals surface area contributed by atoms with Crippen LogP contribution in [0.4, 0.5) is 8.28 Å². The Morgan fingerprint density at radius 1 is 1.29 bits per heavy atom. The highest BCUT2D eigenvalue weighted by molar-refractivity contribution is 7.87. The molecule has 0 radical (unpaired) electrons. The van der Waals surface area contributed by atoms with E-state index in [1.165, 1.54) is 29.2 Å². The van der Waals surface area contributed by atoms with Crippen molar-refractivity contribution in [1.82, 2.24) is 4.90 Å². The topological polar surface area (TPSA) is 63.7 Å². The number of benzene rings is 1. The lowest BCUT2D eigenvalue weighted by molar-refractivity contribution is -0.127. The number of likely N-dealkylation sites (tertiary alicyclic amines) is 1. The lowest BCUT2D eigenvalue weighted by Gasteiger charge is -2.15. The van der Waals surface area contributed by atoms with E-state index in [2.05, 4.69) is 0 Å². The molecule has 0 aliphatic carbocycles. The second-order valence-corrected chi connectivity index (χ2v) is 6.42. The third kappa shape index (κ3) is 4.38. The molecule has 1 aromatic carbocycles. The number of hydrogen-bond acceptors (Lipinski definition) is 4. The van der Waals surface area contributed by atoms with Crippen molar-refractivity contribution in [2.45, 2.75) is 18.1 Å². The van der Waals surface area contributed by atoms with Crippen molar-refractivity contribution in [2.24, 2.45) is 0 Å².